The van der Waals surface area contributed by atoms with Crippen LogP contribution >= 0.6 is 0 Å². The van der Waals surface area contributed by atoms with Crippen molar-refractivity contribution in [2.45, 2.75) is 6.92 Å². The van der Waals surface area contributed by atoms with Crippen molar-refractivity contribution in [1.29, 1.82) is 0 Å². The maximum absolute atomic E-state index is 11.2. The maximum atomic E-state index is 11.2. The number of rotatable bonds is 1. The molecule has 1 aromatic rings. The van der Waals surface area contributed by atoms with Crippen molar-refractivity contribution in [3.63, 3.8) is 0 Å². The van der Waals surface area contributed by atoms with Crippen LogP contribution in [0.2, 0.25) is 0 Å². The van der Waals surface area contributed by atoms with Crippen molar-refractivity contribution in [1.82, 2.24) is 9.97 Å². The third-order valence-corrected chi connectivity index (χ3v) is 3.58. The van der Waals surface area contributed by atoms with Crippen LogP contribution in [0, 0.1) is 6.92 Å². The molecule has 0 atom stereocenters. The molecule has 14 heavy (non-hydrogen) atoms. The van der Waals surface area contributed by atoms with E-state index in [2.05, 4.69) is 14.9 Å². The highest BCUT2D eigenvalue weighted by Crippen LogP contribution is 2.20. The van der Waals surface area contributed by atoms with Crippen LogP contribution in [0.1, 0.15) is 5.82 Å². The van der Waals surface area contributed by atoms with Gasteiger partial charge in [-0.2, -0.15) is 0 Å². The fourth-order valence-electron chi connectivity index (χ4n) is 1.59. The zero-order valence-corrected chi connectivity index (χ0v) is 8.93. The Morgan fingerprint density at radius 3 is 2.64 bits per heavy atom. The molecular weight excluding hydrogens is 200 g/mol. The molecule has 6 heteroatoms. The molecule has 0 radical (unpaired) electrons. The van der Waals surface area contributed by atoms with Gasteiger partial charge in [-0.3, -0.25) is 4.21 Å². The average Bonchev–Trinajstić information content (AvgIpc) is 2.47. The average molecular weight is 214 g/mol. The van der Waals surface area contributed by atoms with Gasteiger partial charge in [0.1, 0.15) is 11.6 Å². The number of nitrogens with one attached hydrogen (secondary N) is 1. The first-order valence-corrected chi connectivity index (χ1v) is 6.07. The predicted octanol–water partition coefficient (Wildman–Crippen LogP) is -0.131. The third kappa shape index (κ3) is 1.75. The van der Waals surface area contributed by atoms with Crippen LogP contribution < -0.4 is 10.6 Å². The zero-order valence-electron chi connectivity index (χ0n) is 8.12. The molecule has 0 bridgehead atoms. The van der Waals surface area contributed by atoms with Gasteiger partial charge < -0.3 is 15.6 Å². The molecule has 1 saturated heterocycles. The van der Waals surface area contributed by atoms with E-state index in [1.165, 1.54) is 0 Å². The van der Waals surface area contributed by atoms with Crippen molar-refractivity contribution >= 4 is 22.4 Å². The molecule has 1 aliphatic rings. The summed E-state index contributed by atoms with van der Waals surface area (Å²) in [6.07, 6.45) is 0. The number of hydrogen-bond donors (Lipinski definition) is 2. The molecule has 3 N–H and O–H groups in total. The number of aromatic nitrogens is 2. The van der Waals surface area contributed by atoms with Gasteiger partial charge in [0.25, 0.3) is 0 Å². The Labute approximate surface area is 85.2 Å². The van der Waals surface area contributed by atoms with Crippen LogP contribution in [0.15, 0.2) is 0 Å². The normalized spacial score (nSPS) is 18.8. The Kier molecular flexibility index (Phi) is 2.45. The number of nitrogen functional groups attached to an aromatic ring is 1. The Balaban J connectivity index is 2.15. The lowest BCUT2D eigenvalue weighted by Gasteiger charge is -2.26. The fourth-order valence-corrected chi connectivity index (χ4v) is 2.64. The lowest BCUT2D eigenvalue weighted by atomic mass is 10.4. The molecule has 2 rings (SSSR count). The standard InChI is InChI=1S/C8H14N4OS/c1-6-10-7(9)8(11-6)12-2-4-14(13)5-3-12/h2-5,9H2,1H3,(H,10,11). The summed E-state index contributed by atoms with van der Waals surface area (Å²) >= 11 is 0. The van der Waals surface area contributed by atoms with Crippen molar-refractivity contribution < 1.29 is 4.21 Å². The quantitative estimate of drug-likeness (QED) is 0.683. The Bertz CT molecular complexity index is 352. The predicted molar refractivity (Wildman–Crippen MR) is 57.8 cm³/mol. The number of aromatic amines is 1. The van der Waals surface area contributed by atoms with E-state index in [9.17, 15) is 4.21 Å². The molecule has 5 nitrogen and oxygen atoms in total. The molecule has 1 aromatic heterocycles. The number of anilines is 2. The number of aryl methyl sites for hydroxylation is 1. The molecule has 78 valence electrons. The minimum atomic E-state index is -0.655. The third-order valence-electron chi connectivity index (χ3n) is 2.31. The van der Waals surface area contributed by atoms with Gasteiger partial charge in [-0.05, 0) is 6.92 Å². The van der Waals surface area contributed by atoms with E-state index in [1.807, 2.05) is 6.92 Å². The molecular formula is C8H14N4OS. The van der Waals surface area contributed by atoms with E-state index in [-0.39, 0.29) is 0 Å². The number of nitrogens with zero attached hydrogens (tertiary/aromatic N) is 2. The number of nitrogens with two attached hydrogens (primary N) is 1. The van der Waals surface area contributed by atoms with E-state index in [1.54, 1.807) is 0 Å². The van der Waals surface area contributed by atoms with E-state index in [0.717, 1.165) is 24.7 Å². The summed E-state index contributed by atoms with van der Waals surface area (Å²) in [7, 11) is -0.655. The largest absolute Gasteiger partial charge is 0.382 e. The van der Waals surface area contributed by atoms with Crippen LogP contribution in [0.4, 0.5) is 11.6 Å². The lowest BCUT2D eigenvalue weighted by molar-refractivity contribution is 0.672. The summed E-state index contributed by atoms with van der Waals surface area (Å²) in [5, 5.41) is 0. The molecule has 0 aromatic carbocycles. The zero-order chi connectivity index (χ0) is 10.1. The van der Waals surface area contributed by atoms with Crippen molar-refractivity contribution in [2.24, 2.45) is 0 Å². The Morgan fingerprint density at radius 1 is 1.50 bits per heavy atom. The second kappa shape index (κ2) is 3.61. The van der Waals surface area contributed by atoms with Crippen LogP contribution in [0.5, 0.6) is 0 Å². The van der Waals surface area contributed by atoms with Crippen LogP contribution in [-0.4, -0.2) is 38.8 Å². The molecule has 0 saturated carbocycles. The van der Waals surface area contributed by atoms with Gasteiger partial charge in [0.2, 0.25) is 0 Å². The molecule has 1 fully saturated rings. The summed E-state index contributed by atoms with van der Waals surface area (Å²) in [5.41, 5.74) is 5.77. The van der Waals surface area contributed by atoms with Gasteiger partial charge in [-0.15, -0.1) is 0 Å². The van der Waals surface area contributed by atoms with Gasteiger partial charge in [0.05, 0.1) is 0 Å². The summed E-state index contributed by atoms with van der Waals surface area (Å²) in [5.74, 6) is 3.66. The highest BCUT2D eigenvalue weighted by atomic mass is 32.2. The van der Waals surface area contributed by atoms with Crippen molar-refractivity contribution in [3.05, 3.63) is 5.82 Å². The second-order valence-electron chi connectivity index (χ2n) is 3.39. The Hall–Kier alpha value is -1.04. The van der Waals surface area contributed by atoms with Gasteiger partial charge in [0, 0.05) is 35.4 Å². The number of H-pyrrole nitrogens is 1. The molecule has 0 spiro atoms. The topological polar surface area (TPSA) is 75.0 Å². The monoisotopic (exact) mass is 214 g/mol. The molecule has 0 amide bonds. The second-order valence-corrected chi connectivity index (χ2v) is 5.09. The van der Waals surface area contributed by atoms with E-state index < -0.39 is 10.8 Å². The summed E-state index contributed by atoms with van der Waals surface area (Å²) in [4.78, 5) is 9.35. The first kappa shape index (κ1) is 9.51. The number of hydrogen-bond acceptors (Lipinski definition) is 4. The van der Waals surface area contributed by atoms with Crippen molar-refractivity contribution in [2.75, 3.05) is 35.2 Å². The van der Waals surface area contributed by atoms with Gasteiger partial charge >= 0.3 is 0 Å². The highest BCUT2D eigenvalue weighted by molar-refractivity contribution is 7.85. The van der Waals surface area contributed by atoms with Crippen LogP contribution in [0.3, 0.4) is 0 Å². The summed E-state index contributed by atoms with van der Waals surface area (Å²) < 4.78 is 11.2. The first-order chi connectivity index (χ1) is 6.66. The minimum Gasteiger partial charge on any atom is -0.382 e. The van der Waals surface area contributed by atoms with E-state index in [4.69, 9.17) is 5.73 Å². The van der Waals surface area contributed by atoms with Gasteiger partial charge in [-0.25, -0.2) is 4.98 Å². The lowest BCUT2D eigenvalue weighted by Crippen LogP contribution is -2.38. The fraction of sp³-hybridized carbons (Fsp3) is 0.625. The highest BCUT2D eigenvalue weighted by Gasteiger charge is 2.19. The smallest absolute Gasteiger partial charge is 0.171 e. The molecule has 1 aliphatic heterocycles. The summed E-state index contributed by atoms with van der Waals surface area (Å²) in [6.45, 7) is 3.43. The molecule has 0 unspecified atom stereocenters. The van der Waals surface area contributed by atoms with Crippen molar-refractivity contribution in [3.8, 4) is 0 Å². The Morgan fingerprint density at radius 2 is 2.14 bits per heavy atom. The maximum Gasteiger partial charge on any atom is 0.171 e. The van der Waals surface area contributed by atoms with Gasteiger partial charge in [0.15, 0.2) is 5.82 Å². The van der Waals surface area contributed by atoms with Crippen LogP contribution in [0.25, 0.3) is 0 Å². The van der Waals surface area contributed by atoms with E-state index in [0.29, 0.717) is 17.3 Å². The minimum absolute atomic E-state index is 0.607. The van der Waals surface area contributed by atoms with Gasteiger partial charge in [-0.1, -0.05) is 0 Å². The molecule has 2 heterocycles. The first-order valence-electron chi connectivity index (χ1n) is 4.59. The van der Waals surface area contributed by atoms with E-state index >= 15 is 0 Å². The van der Waals surface area contributed by atoms with Crippen LogP contribution in [-0.2, 0) is 10.8 Å². The summed E-state index contributed by atoms with van der Waals surface area (Å²) in [6, 6.07) is 0. The number of imidazole rings is 1. The molecule has 0 aliphatic carbocycles. The SMILES string of the molecule is Cc1nc(N2CCS(=O)CC2)c(N)[nH]1.